The topological polar surface area (TPSA) is 16.2 Å². The summed E-state index contributed by atoms with van der Waals surface area (Å²) in [4.78, 5) is 0. The van der Waals surface area contributed by atoms with E-state index in [4.69, 9.17) is 0 Å². The molecular formula is C14H34N5P. The Labute approximate surface area is 126 Å². The van der Waals surface area contributed by atoms with Crippen LogP contribution in [-0.4, -0.2) is 77.7 Å². The molecular weight excluding hydrogens is 269 g/mol. The van der Waals surface area contributed by atoms with Crippen molar-refractivity contribution in [2.24, 2.45) is 0 Å². The van der Waals surface area contributed by atoms with Gasteiger partial charge in [0.05, 0.1) is 0 Å². The minimum absolute atomic E-state index is 0.430. The summed E-state index contributed by atoms with van der Waals surface area (Å²) in [7, 11) is 10.5. The van der Waals surface area contributed by atoms with Crippen LogP contribution < -0.4 is 0 Å². The molecule has 5 nitrogen and oxygen atoms in total. The van der Waals surface area contributed by atoms with Gasteiger partial charge in [0.2, 0.25) is 0 Å². The summed E-state index contributed by atoms with van der Waals surface area (Å²) in [6, 6.07) is 0.861. The Morgan fingerprint density at radius 3 is 1.05 bits per heavy atom. The Morgan fingerprint density at radius 2 is 0.900 bits per heavy atom. The molecule has 0 aromatic heterocycles. The molecule has 0 N–H and O–H groups in total. The second-order valence-corrected chi connectivity index (χ2v) is 11.8. The van der Waals surface area contributed by atoms with Gasteiger partial charge in [-0.2, -0.15) is 0 Å². The Balaban J connectivity index is 3.74. The van der Waals surface area contributed by atoms with E-state index in [2.05, 4.69) is 106 Å². The van der Waals surface area contributed by atoms with E-state index in [0.29, 0.717) is 12.1 Å². The summed E-state index contributed by atoms with van der Waals surface area (Å²) in [6.45, 7) is 9.08. The molecule has 0 atom stereocenters. The van der Waals surface area contributed by atoms with Crippen molar-refractivity contribution in [3.05, 3.63) is 12.4 Å². The Hall–Kier alpha value is -0.350. The van der Waals surface area contributed by atoms with Gasteiger partial charge < -0.3 is 0 Å². The van der Waals surface area contributed by atoms with Crippen molar-refractivity contribution in [3.63, 3.8) is 0 Å². The molecule has 0 bridgehead atoms. The molecule has 0 fully saturated rings. The Kier molecular flexibility index (Phi) is 4.82. The molecule has 0 radical (unpaired) electrons. The van der Waals surface area contributed by atoms with Gasteiger partial charge in [-0.15, -0.1) is 0 Å². The molecule has 0 amide bonds. The second-order valence-electron chi connectivity index (χ2n) is 6.68. The van der Waals surface area contributed by atoms with Crippen LogP contribution in [0.5, 0.6) is 0 Å². The molecule has 0 aromatic rings. The molecule has 0 saturated carbocycles. The average Bonchev–Trinajstić information content (AvgIpc) is 2.66. The third-order valence-electron chi connectivity index (χ3n) is 4.40. The van der Waals surface area contributed by atoms with E-state index in [1.54, 1.807) is 0 Å². The number of hydrogen-bond acceptors (Lipinski definition) is 5. The zero-order valence-corrected chi connectivity index (χ0v) is 15.9. The molecule has 6 heteroatoms. The monoisotopic (exact) mass is 303 g/mol. The molecule has 1 rings (SSSR count). The van der Waals surface area contributed by atoms with Crippen LogP contribution >= 0.6 is 7.36 Å². The molecule has 0 unspecified atom stereocenters. The predicted molar refractivity (Wildman–Crippen MR) is 91.1 cm³/mol. The quantitative estimate of drug-likeness (QED) is 0.724. The average molecular weight is 303 g/mol. The Bertz CT molecular complexity index is 329. The van der Waals surface area contributed by atoms with Gasteiger partial charge in [0, 0.05) is 0 Å². The van der Waals surface area contributed by atoms with Crippen molar-refractivity contribution in [2.75, 3.05) is 42.3 Å². The van der Waals surface area contributed by atoms with E-state index in [1.165, 1.54) is 0 Å². The van der Waals surface area contributed by atoms with Crippen molar-refractivity contribution >= 4 is 7.36 Å². The summed E-state index contributed by atoms with van der Waals surface area (Å²) >= 11 is 0. The van der Waals surface area contributed by atoms with Gasteiger partial charge >= 0.3 is 125 Å². The van der Waals surface area contributed by atoms with Crippen LogP contribution in [-0.2, 0) is 0 Å². The van der Waals surface area contributed by atoms with Gasteiger partial charge in [-0.1, -0.05) is 0 Å². The van der Waals surface area contributed by atoms with Crippen molar-refractivity contribution < 1.29 is 0 Å². The first-order chi connectivity index (χ1) is 9.05. The summed E-state index contributed by atoms with van der Waals surface area (Å²) in [6.07, 6.45) is 4.53. The van der Waals surface area contributed by atoms with E-state index in [1.807, 2.05) is 0 Å². The molecule has 20 heavy (non-hydrogen) atoms. The zero-order valence-electron chi connectivity index (χ0n) is 15.0. The van der Waals surface area contributed by atoms with E-state index in [9.17, 15) is 0 Å². The third kappa shape index (κ3) is 1.77. The second kappa shape index (κ2) is 5.45. The van der Waals surface area contributed by atoms with Gasteiger partial charge in [-0.05, 0) is 0 Å². The van der Waals surface area contributed by atoms with Crippen molar-refractivity contribution in [2.45, 2.75) is 39.8 Å². The maximum absolute atomic E-state index is 2.75. The molecule has 1 aliphatic heterocycles. The van der Waals surface area contributed by atoms with Gasteiger partial charge in [0.15, 0.2) is 0 Å². The van der Waals surface area contributed by atoms with E-state index < -0.39 is 7.36 Å². The zero-order chi connectivity index (χ0) is 15.9. The fourth-order valence-corrected chi connectivity index (χ4v) is 11.1. The van der Waals surface area contributed by atoms with Crippen molar-refractivity contribution in [1.82, 2.24) is 23.4 Å². The fraction of sp³-hybridized carbons (Fsp3) is 0.857. The van der Waals surface area contributed by atoms with E-state index in [-0.39, 0.29) is 0 Å². The van der Waals surface area contributed by atoms with Crippen LogP contribution in [0.3, 0.4) is 0 Å². The maximum atomic E-state index is 2.55. The van der Waals surface area contributed by atoms with Crippen molar-refractivity contribution in [3.8, 4) is 0 Å². The summed E-state index contributed by atoms with van der Waals surface area (Å²) < 4.78 is 12.4. The van der Waals surface area contributed by atoms with Crippen LogP contribution in [0.15, 0.2) is 12.4 Å². The molecule has 0 saturated heterocycles. The van der Waals surface area contributed by atoms with Crippen LogP contribution in [0.2, 0.25) is 0 Å². The van der Waals surface area contributed by atoms with Crippen LogP contribution in [0.25, 0.3) is 0 Å². The van der Waals surface area contributed by atoms with Gasteiger partial charge in [0.25, 0.3) is 0 Å². The first kappa shape index (κ1) is 17.7. The molecule has 0 aliphatic carbocycles. The van der Waals surface area contributed by atoms with Gasteiger partial charge in [0.1, 0.15) is 0 Å². The van der Waals surface area contributed by atoms with Crippen LogP contribution in [0.4, 0.5) is 0 Å². The summed E-state index contributed by atoms with van der Waals surface area (Å²) in [5.74, 6) is 0. The molecule has 0 spiro atoms. The first-order valence-electron chi connectivity index (χ1n) is 7.36. The summed E-state index contributed by atoms with van der Waals surface area (Å²) in [5, 5.41) is 0. The number of rotatable bonds is 5. The van der Waals surface area contributed by atoms with Crippen molar-refractivity contribution in [1.29, 1.82) is 0 Å². The van der Waals surface area contributed by atoms with Gasteiger partial charge in [-0.25, -0.2) is 0 Å². The standard InChI is InChI=1S/C14H34N5P/c1-13(2)18-11-12-19(14(3)4)20(18,15(5)6,16(7)8)17(9)10/h11-14H,1-10H3. The van der Waals surface area contributed by atoms with Crippen LogP contribution in [0.1, 0.15) is 27.7 Å². The first-order valence-corrected chi connectivity index (χ1v) is 9.36. The molecule has 1 aliphatic rings. The number of nitrogens with zero attached hydrogens (tertiary/aromatic N) is 5. The Morgan fingerprint density at radius 1 is 0.650 bits per heavy atom. The minimum atomic E-state index is -2.75. The number of hydrogen-bond donors (Lipinski definition) is 0. The molecule has 0 aromatic carbocycles. The fourth-order valence-electron chi connectivity index (χ4n) is 3.98. The summed E-state index contributed by atoms with van der Waals surface area (Å²) in [5.41, 5.74) is 0. The molecule has 120 valence electrons. The SMILES string of the molecule is CC(C)N1C=CN(C(C)C)P1(N(C)C)(N(C)C)N(C)C. The third-order valence-corrected chi connectivity index (χ3v) is 11.5. The van der Waals surface area contributed by atoms with Gasteiger partial charge in [-0.3, -0.25) is 0 Å². The molecule has 1 heterocycles. The predicted octanol–water partition coefficient (Wildman–Crippen LogP) is 2.71. The van der Waals surface area contributed by atoms with E-state index in [0.717, 1.165) is 0 Å². The van der Waals surface area contributed by atoms with E-state index >= 15 is 0 Å². The van der Waals surface area contributed by atoms with Crippen LogP contribution in [0, 0.1) is 0 Å². The normalized spacial score (nSPS) is 23.4.